The van der Waals surface area contributed by atoms with Gasteiger partial charge in [0.2, 0.25) is 0 Å². The van der Waals surface area contributed by atoms with E-state index >= 15 is 0 Å². The second-order valence-electron chi connectivity index (χ2n) is 6.83. The minimum Gasteiger partial charge on any atom is -0.496 e. The molecule has 0 fully saturated rings. The summed E-state index contributed by atoms with van der Waals surface area (Å²) in [5.74, 6) is 1.24. The van der Waals surface area contributed by atoms with E-state index in [2.05, 4.69) is 10.1 Å². The molecule has 29 heavy (non-hydrogen) atoms. The van der Waals surface area contributed by atoms with Gasteiger partial charge in [0.05, 0.1) is 36.1 Å². The highest BCUT2D eigenvalue weighted by Crippen LogP contribution is 2.37. The second-order valence-corrected chi connectivity index (χ2v) is 6.83. The van der Waals surface area contributed by atoms with E-state index < -0.39 is 6.67 Å². The van der Waals surface area contributed by atoms with E-state index in [0.717, 1.165) is 22.2 Å². The first kappa shape index (κ1) is 18.9. The Morgan fingerprint density at radius 2 is 2.03 bits per heavy atom. The van der Waals surface area contributed by atoms with Crippen LogP contribution in [0.2, 0.25) is 0 Å². The Bertz CT molecular complexity index is 1230. The molecular formula is C22H20FN3O3. The van der Waals surface area contributed by atoms with E-state index in [9.17, 15) is 9.18 Å². The average Bonchev–Trinajstić information content (AvgIpc) is 3.07. The quantitative estimate of drug-likeness (QED) is 0.508. The molecule has 0 amide bonds. The summed E-state index contributed by atoms with van der Waals surface area (Å²) in [7, 11) is 1.57. The summed E-state index contributed by atoms with van der Waals surface area (Å²) in [5, 5.41) is 4.74. The van der Waals surface area contributed by atoms with Crippen molar-refractivity contribution in [1.29, 1.82) is 0 Å². The number of pyridine rings is 2. The highest BCUT2D eigenvalue weighted by Gasteiger charge is 2.19. The zero-order valence-electron chi connectivity index (χ0n) is 16.4. The maximum Gasteiger partial charge on any atom is 0.257 e. The van der Waals surface area contributed by atoms with Crippen LogP contribution < -0.4 is 10.3 Å². The van der Waals surface area contributed by atoms with E-state index in [4.69, 9.17) is 9.26 Å². The number of rotatable bonds is 5. The molecule has 4 rings (SSSR count). The zero-order chi connectivity index (χ0) is 20.5. The lowest BCUT2D eigenvalue weighted by Gasteiger charge is -2.16. The van der Waals surface area contributed by atoms with Gasteiger partial charge >= 0.3 is 0 Å². The van der Waals surface area contributed by atoms with Gasteiger partial charge < -0.3 is 13.8 Å². The van der Waals surface area contributed by atoms with Gasteiger partial charge in [0.15, 0.2) is 0 Å². The lowest BCUT2D eigenvalue weighted by Crippen LogP contribution is -2.24. The fourth-order valence-corrected chi connectivity index (χ4v) is 3.61. The Balaban J connectivity index is 2.01. The van der Waals surface area contributed by atoms with Gasteiger partial charge in [-0.2, -0.15) is 0 Å². The Kier molecular flexibility index (Phi) is 4.88. The molecule has 148 valence electrons. The molecule has 0 spiro atoms. The molecule has 3 heterocycles. The number of hydrogen-bond acceptors (Lipinski definition) is 5. The number of halogens is 1. The van der Waals surface area contributed by atoms with Crippen molar-refractivity contribution >= 4 is 10.9 Å². The van der Waals surface area contributed by atoms with E-state index in [1.807, 2.05) is 32.0 Å². The first-order valence-electron chi connectivity index (χ1n) is 9.17. The number of fused-ring (bicyclic) bond motifs is 1. The van der Waals surface area contributed by atoms with Crippen LogP contribution in [0, 0.1) is 13.8 Å². The van der Waals surface area contributed by atoms with Crippen LogP contribution in [0.3, 0.4) is 0 Å². The van der Waals surface area contributed by atoms with Gasteiger partial charge in [0.25, 0.3) is 5.56 Å². The summed E-state index contributed by atoms with van der Waals surface area (Å²) in [6.45, 7) is 3.07. The van der Waals surface area contributed by atoms with Crippen LogP contribution in [0.1, 0.15) is 22.7 Å². The monoisotopic (exact) mass is 393 g/mol. The van der Waals surface area contributed by atoms with Crippen molar-refractivity contribution in [3.63, 3.8) is 0 Å². The van der Waals surface area contributed by atoms with Crippen LogP contribution in [0.15, 0.2) is 51.9 Å². The Morgan fingerprint density at radius 3 is 2.66 bits per heavy atom. The molecule has 0 atom stereocenters. The van der Waals surface area contributed by atoms with Gasteiger partial charge in [-0.25, -0.2) is 4.39 Å². The lowest BCUT2D eigenvalue weighted by atomic mass is 9.99. The average molecular weight is 393 g/mol. The standard InChI is InChI=1S/C22H20FN3O3/c1-13-21(14(2)29-25-13)18-9-15-8-16(11-23)22(27)26(19(15)10-20(18)28-3)12-17-6-4-5-7-24-17/h4-10H,11-12H2,1-3H3. The molecular weight excluding hydrogens is 373 g/mol. The molecule has 4 aromatic rings. The van der Waals surface area contributed by atoms with Crippen molar-refractivity contribution in [2.45, 2.75) is 27.1 Å². The summed E-state index contributed by atoms with van der Waals surface area (Å²) in [6.07, 6.45) is 1.66. The Hall–Kier alpha value is -3.48. The number of aryl methyl sites for hydroxylation is 2. The summed E-state index contributed by atoms with van der Waals surface area (Å²) in [4.78, 5) is 17.2. The van der Waals surface area contributed by atoms with Crippen molar-refractivity contribution < 1.29 is 13.7 Å². The maximum absolute atomic E-state index is 13.6. The van der Waals surface area contributed by atoms with Crippen LogP contribution in [0.4, 0.5) is 4.39 Å². The SMILES string of the molecule is COc1cc2c(cc1-c1c(C)noc1C)cc(CF)c(=O)n2Cc1ccccn1. The van der Waals surface area contributed by atoms with E-state index in [1.54, 1.807) is 31.5 Å². The predicted molar refractivity (Wildman–Crippen MR) is 108 cm³/mol. The third-order valence-corrected chi connectivity index (χ3v) is 4.98. The third-order valence-electron chi connectivity index (χ3n) is 4.98. The van der Waals surface area contributed by atoms with Crippen molar-refractivity contribution in [2.24, 2.45) is 0 Å². The fourth-order valence-electron chi connectivity index (χ4n) is 3.61. The van der Waals surface area contributed by atoms with E-state index in [1.165, 1.54) is 4.57 Å². The number of benzene rings is 1. The molecule has 3 aromatic heterocycles. The molecule has 0 unspecified atom stereocenters. The highest BCUT2D eigenvalue weighted by atomic mass is 19.1. The van der Waals surface area contributed by atoms with Crippen molar-refractivity contribution in [2.75, 3.05) is 7.11 Å². The van der Waals surface area contributed by atoms with Gasteiger partial charge in [-0.3, -0.25) is 9.78 Å². The normalized spacial score (nSPS) is 11.2. The van der Waals surface area contributed by atoms with Gasteiger partial charge in [0.1, 0.15) is 18.2 Å². The Morgan fingerprint density at radius 1 is 1.21 bits per heavy atom. The minimum absolute atomic E-state index is 0.100. The van der Waals surface area contributed by atoms with Crippen LogP contribution in [0.5, 0.6) is 5.75 Å². The summed E-state index contributed by atoms with van der Waals surface area (Å²) >= 11 is 0. The molecule has 0 saturated carbocycles. The molecule has 0 saturated heterocycles. The fraction of sp³-hybridized carbons (Fsp3) is 0.227. The third kappa shape index (κ3) is 3.29. The van der Waals surface area contributed by atoms with Crippen molar-refractivity contribution in [3.05, 3.63) is 75.7 Å². The van der Waals surface area contributed by atoms with Gasteiger partial charge in [-0.05, 0) is 43.5 Å². The van der Waals surface area contributed by atoms with Gasteiger partial charge in [-0.15, -0.1) is 0 Å². The second kappa shape index (κ2) is 7.50. The number of nitrogens with zero attached hydrogens (tertiary/aromatic N) is 3. The van der Waals surface area contributed by atoms with Gasteiger partial charge in [0, 0.05) is 23.4 Å². The molecule has 0 N–H and O–H groups in total. The smallest absolute Gasteiger partial charge is 0.257 e. The summed E-state index contributed by atoms with van der Waals surface area (Å²) < 4.78 is 26.0. The van der Waals surface area contributed by atoms with Crippen LogP contribution in [0.25, 0.3) is 22.0 Å². The molecule has 6 nitrogen and oxygen atoms in total. The minimum atomic E-state index is -0.844. The number of alkyl halides is 1. The molecule has 0 aliphatic heterocycles. The summed E-state index contributed by atoms with van der Waals surface area (Å²) in [5.41, 5.74) is 3.41. The molecule has 0 radical (unpaired) electrons. The van der Waals surface area contributed by atoms with Crippen LogP contribution in [-0.4, -0.2) is 21.8 Å². The molecule has 7 heteroatoms. The first-order valence-corrected chi connectivity index (χ1v) is 9.17. The van der Waals surface area contributed by atoms with Crippen molar-refractivity contribution in [3.8, 4) is 16.9 Å². The Labute approximate surface area is 166 Å². The maximum atomic E-state index is 13.6. The number of hydrogen-bond donors (Lipinski definition) is 0. The highest BCUT2D eigenvalue weighted by molar-refractivity contribution is 5.90. The number of methoxy groups -OCH3 is 1. The summed E-state index contributed by atoms with van der Waals surface area (Å²) in [6, 6.07) is 10.8. The largest absolute Gasteiger partial charge is 0.496 e. The van der Waals surface area contributed by atoms with Crippen LogP contribution in [-0.2, 0) is 13.2 Å². The van der Waals surface area contributed by atoms with Crippen molar-refractivity contribution in [1.82, 2.24) is 14.7 Å². The van der Waals surface area contributed by atoms with Gasteiger partial charge in [-0.1, -0.05) is 11.2 Å². The topological polar surface area (TPSA) is 70.2 Å². The predicted octanol–water partition coefficient (Wildman–Crippen LogP) is 4.19. The first-order chi connectivity index (χ1) is 14.0. The number of aromatic nitrogens is 3. The number of ether oxygens (including phenoxy) is 1. The molecule has 0 aliphatic carbocycles. The molecule has 0 aliphatic rings. The lowest BCUT2D eigenvalue weighted by molar-refractivity contribution is 0.393. The van der Waals surface area contributed by atoms with E-state index in [0.29, 0.717) is 22.7 Å². The van der Waals surface area contributed by atoms with E-state index in [-0.39, 0.29) is 17.7 Å². The zero-order valence-corrected chi connectivity index (χ0v) is 16.4. The molecule has 1 aromatic carbocycles. The molecule has 0 bridgehead atoms. The van der Waals surface area contributed by atoms with Crippen LogP contribution >= 0.6 is 0 Å².